The van der Waals surface area contributed by atoms with Crippen LogP contribution in [0, 0.1) is 5.82 Å². The van der Waals surface area contributed by atoms with E-state index in [2.05, 4.69) is 5.32 Å². The normalized spacial score (nSPS) is 10.2. The summed E-state index contributed by atoms with van der Waals surface area (Å²) in [6.07, 6.45) is 0. The van der Waals surface area contributed by atoms with E-state index in [4.69, 9.17) is 34.3 Å². The van der Waals surface area contributed by atoms with Crippen molar-refractivity contribution in [1.82, 2.24) is 0 Å². The molecule has 0 heterocycles. The van der Waals surface area contributed by atoms with E-state index in [1.807, 2.05) is 0 Å². The summed E-state index contributed by atoms with van der Waals surface area (Å²) in [6, 6.07) is 9.60. The molecule has 0 amide bonds. The zero-order valence-electron chi connectivity index (χ0n) is 10.6. The average molecular weight is 311 g/mol. The number of methoxy groups -OCH3 is 1. The fourth-order valence-electron chi connectivity index (χ4n) is 1.72. The van der Waals surface area contributed by atoms with Gasteiger partial charge >= 0.3 is 0 Å². The molecule has 0 saturated heterocycles. The second-order valence-corrected chi connectivity index (χ2v) is 4.90. The van der Waals surface area contributed by atoms with Crippen LogP contribution in [0.4, 0.5) is 15.8 Å². The van der Waals surface area contributed by atoms with Gasteiger partial charge in [0.2, 0.25) is 0 Å². The van der Waals surface area contributed by atoms with Gasteiger partial charge in [-0.05, 0) is 30.3 Å². The van der Waals surface area contributed by atoms with Crippen molar-refractivity contribution in [2.75, 3.05) is 12.4 Å². The lowest BCUT2D eigenvalue weighted by molar-refractivity contribution is 0.387. The minimum Gasteiger partial charge on any atom is -0.494 e. The lowest BCUT2D eigenvalue weighted by Crippen LogP contribution is -2.12. The smallest absolute Gasteiger partial charge is 0.165 e. The number of anilines is 2. The summed E-state index contributed by atoms with van der Waals surface area (Å²) in [6.45, 7) is 0. The lowest BCUT2D eigenvalue weighted by Gasteiger charge is -2.12. The molecule has 0 unspecified atom stereocenters. The summed E-state index contributed by atoms with van der Waals surface area (Å²) in [5, 5.41) is 3.65. The Kier molecular flexibility index (Phi) is 4.42. The van der Waals surface area contributed by atoms with E-state index < -0.39 is 5.82 Å². The lowest BCUT2D eigenvalue weighted by atomic mass is 10.1. The number of thiocarbonyl (C=S) groups is 1. The Morgan fingerprint density at radius 2 is 2.05 bits per heavy atom. The molecule has 0 spiro atoms. The molecular formula is C14H12ClFN2OS. The summed E-state index contributed by atoms with van der Waals surface area (Å²) in [7, 11) is 1.41. The van der Waals surface area contributed by atoms with Crippen LogP contribution >= 0.6 is 23.8 Å². The minimum absolute atomic E-state index is 0.154. The van der Waals surface area contributed by atoms with Crippen molar-refractivity contribution in [2.45, 2.75) is 0 Å². The standard InChI is InChI=1S/C14H12ClFN2OS/c1-19-13-7-9(3-4-11(13)16)18-12-5-2-8(15)6-10(12)14(17)20/h2-7,18H,1H3,(H2,17,20). The predicted octanol–water partition coefficient (Wildman–Crippen LogP) is 3.87. The first-order valence-electron chi connectivity index (χ1n) is 5.71. The number of benzene rings is 2. The topological polar surface area (TPSA) is 47.3 Å². The first-order chi connectivity index (χ1) is 9.51. The molecule has 6 heteroatoms. The Morgan fingerprint density at radius 3 is 2.70 bits per heavy atom. The van der Waals surface area contributed by atoms with Crippen molar-refractivity contribution in [3.63, 3.8) is 0 Å². The van der Waals surface area contributed by atoms with Crippen LogP contribution in [0.25, 0.3) is 0 Å². The maximum atomic E-state index is 13.4. The molecule has 2 aromatic rings. The summed E-state index contributed by atoms with van der Waals surface area (Å²) in [5.41, 5.74) is 7.63. The molecule has 2 rings (SSSR count). The van der Waals surface area contributed by atoms with Crippen molar-refractivity contribution >= 4 is 40.2 Å². The fraction of sp³-hybridized carbons (Fsp3) is 0.0714. The second-order valence-electron chi connectivity index (χ2n) is 4.03. The SMILES string of the molecule is COc1cc(Nc2ccc(Cl)cc2C(N)=S)ccc1F. The van der Waals surface area contributed by atoms with Gasteiger partial charge in [-0.3, -0.25) is 0 Å². The molecule has 3 N–H and O–H groups in total. The van der Waals surface area contributed by atoms with Crippen LogP contribution in [-0.2, 0) is 0 Å². The van der Waals surface area contributed by atoms with Crippen molar-refractivity contribution in [2.24, 2.45) is 5.73 Å². The third-order valence-corrected chi connectivity index (χ3v) is 3.13. The van der Waals surface area contributed by atoms with Crippen LogP contribution in [0.2, 0.25) is 5.02 Å². The molecule has 2 aromatic carbocycles. The molecule has 20 heavy (non-hydrogen) atoms. The molecule has 0 bridgehead atoms. The van der Waals surface area contributed by atoms with Gasteiger partial charge in [0.1, 0.15) is 4.99 Å². The summed E-state index contributed by atoms with van der Waals surface area (Å²) < 4.78 is 18.3. The quantitative estimate of drug-likeness (QED) is 0.842. The van der Waals surface area contributed by atoms with Crippen LogP contribution in [0.15, 0.2) is 36.4 Å². The predicted molar refractivity (Wildman–Crippen MR) is 83.6 cm³/mol. The zero-order chi connectivity index (χ0) is 14.7. The monoisotopic (exact) mass is 310 g/mol. The molecule has 0 radical (unpaired) electrons. The van der Waals surface area contributed by atoms with E-state index >= 15 is 0 Å². The van der Waals surface area contributed by atoms with Crippen molar-refractivity contribution in [1.29, 1.82) is 0 Å². The molecule has 0 fully saturated rings. The Hall–Kier alpha value is -1.85. The molecule has 0 aliphatic heterocycles. The Balaban J connectivity index is 2.37. The largest absolute Gasteiger partial charge is 0.494 e. The van der Waals surface area contributed by atoms with Crippen LogP contribution < -0.4 is 15.8 Å². The molecule has 0 aromatic heterocycles. The molecule has 0 saturated carbocycles. The minimum atomic E-state index is -0.427. The highest BCUT2D eigenvalue weighted by Gasteiger charge is 2.08. The van der Waals surface area contributed by atoms with Gasteiger partial charge in [0.25, 0.3) is 0 Å². The summed E-state index contributed by atoms with van der Waals surface area (Å²) in [4.78, 5) is 0.226. The van der Waals surface area contributed by atoms with Crippen molar-refractivity contribution in [3.05, 3.63) is 52.8 Å². The third-order valence-electron chi connectivity index (χ3n) is 2.68. The molecule has 0 atom stereocenters. The van der Waals surface area contributed by atoms with Crippen LogP contribution in [0.3, 0.4) is 0 Å². The highest BCUT2D eigenvalue weighted by molar-refractivity contribution is 7.80. The molecule has 0 aliphatic rings. The van der Waals surface area contributed by atoms with Crippen LogP contribution in [0.1, 0.15) is 5.56 Å². The Bertz CT molecular complexity index is 664. The van der Waals surface area contributed by atoms with Gasteiger partial charge in [-0.2, -0.15) is 0 Å². The molecule has 104 valence electrons. The Morgan fingerprint density at radius 1 is 1.30 bits per heavy atom. The number of halogens is 2. The fourth-order valence-corrected chi connectivity index (χ4v) is 2.06. The van der Waals surface area contributed by atoms with Crippen molar-refractivity contribution < 1.29 is 9.13 Å². The van der Waals surface area contributed by atoms with E-state index in [1.165, 1.54) is 13.2 Å². The van der Waals surface area contributed by atoms with E-state index in [0.717, 1.165) is 0 Å². The van der Waals surface area contributed by atoms with Gasteiger partial charge < -0.3 is 15.8 Å². The van der Waals surface area contributed by atoms with Gasteiger partial charge in [-0.25, -0.2) is 4.39 Å². The molecular weight excluding hydrogens is 299 g/mol. The number of ether oxygens (including phenoxy) is 1. The highest BCUT2D eigenvalue weighted by atomic mass is 35.5. The average Bonchev–Trinajstić information content (AvgIpc) is 2.42. The van der Waals surface area contributed by atoms with Gasteiger partial charge in [0.05, 0.1) is 7.11 Å². The van der Waals surface area contributed by atoms with Crippen LogP contribution in [-0.4, -0.2) is 12.1 Å². The number of hydrogen-bond donors (Lipinski definition) is 2. The molecule has 3 nitrogen and oxygen atoms in total. The van der Waals surface area contributed by atoms with E-state index in [-0.39, 0.29) is 10.7 Å². The number of nitrogens with two attached hydrogens (primary N) is 1. The maximum Gasteiger partial charge on any atom is 0.165 e. The van der Waals surface area contributed by atoms with Crippen LogP contribution in [0.5, 0.6) is 5.75 Å². The van der Waals surface area contributed by atoms with Gasteiger partial charge in [0.15, 0.2) is 11.6 Å². The first kappa shape index (κ1) is 14.6. The summed E-state index contributed by atoms with van der Waals surface area (Å²) in [5.74, 6) is -0.274. The Labute approximate surface area is 126 Å². The first-order valence-corrected chi connectivity index (χ1v) is 6.50. The van der Waals surface area contributed by atoms with Gasteiger partial charge in [-0.1, -0.05) is 23.8 Å². The highest BCUT2D eigenvalue weighted by Crippen LogP contribution is 2.27. The number of rotatable bonds is 4. The zero-order valence-corrected chi connectivity index (χ0v) is 12.2. The van der Waals surface area contributed by atoms with Gasteiger partial charge in [-0.15, -0.1) is 0 Å². The van der Waals surface area contributed by atoms with E-state index in [9.17, 15) is 4.39 Å². The maximum absolute atomic E-state index is 13.4. The number of nitrogens with one attached hydrogen (secondary N) is 1. The number of hydrogen-bond acceptors (Lipinski definition) is 3. The third kappa shape index (κ3) is 3.18. The van der Waals surface area contributed by atoms with E-state index in [1.54, 1.807) is 30.3 Å². The van der Waals surface area contributed by atoms with Crippen molar-refractivity contribution in [3.8, 4) is 5.75 Å². The van der Waals surface area contributed by atoms with Gasteiger partial charge in [0, 0.05) is 28.0 Å². The second kappa shape index (κ2) is 6.07. The van der Waals surface area contributed by atoms with E-state index in [0.29, 0.717) is 22.0 Å². The summed E-state index contributed by atoms with van der Waals surface area (Å²) >= 11 is 10.9. The molecule has 0 aliphatic carbocycles.